The molecule has 2 atom stereocenters. The zero-order valence-corrected chi connectivity index (χ0v) is 19.0. The molecule has 162 valence electrons. The number of aromatic nitrogens is 1. The maximum atomic E-state index is 12.7. The van der Waals surface area contributed by atoms with Crippen LogP contribution in [0, 0.1) is 11.3 Å². The average molecular weight is 408 g/mol. The minimum atomic E-state index is -0.401. The third kappa shape index (κ3) is 6.15. The monoisotopic (exact) mass is 407 g/mol. The zero-order valence-electron chi connectivity index (χ0n) is 19.0. The van der Waals surface area contributed by atoms with E-state index in [0.29, 0.717) is 11.8 Å². The van der Waals surface area contributed by atoms with Gasteiger partial charge in [-0.2, -0.15) is 0 Å². The Hall–Kier alpha value is -2.20. The third-order valence-corrected chi connectivity index (χ3v) is 6.32. The number of carbonyl (C=O) groups is 1. The molecule has 0 aliphatic carbocycles. The van der Waals surface area contributed by atoms with Gasteiger partial charge in [-0.05, 0) is 68.4 Å². The van der Waals surface area contributed by atoms with Gasteiger partial charge in [-0.15, -0.1) is 0 Å². The summed E-state index contributed by atoms with van der Waals surface area (Å²) in [5.74, 6) is 1.10. The van der Waals surface area contributed by atoms with Crippen LogP contribution >= 0.6 is 0 Å². The van der Waals surface area contributed by atoms with E-state index in [1.807, 2.05) is 45.2 Å². The normalized spacial score (nSPS) is 18.0. The van der Waals surface area contributed by atoms with Crippen molar-refractivity contribution in [3.8, 4) is 0 Å². The van der Waals surface area contributed by atoms with Crippen molar-refractivity contribution in [2.45, 2.75) is 58.9 Å². The number of pyridine rings is 1. The molecule has 0 saturated carbocycles. The van der Waals surface area contributed by atoms with Gasteiger partial charge < -0.3 is 10.2 Å². The molecule has 4 heteroatoms. The van der Waals surface area contributed by atoms with Crippen LogP contribution in [0.2, 0.25) is 0 Å². The second kappa shape index (κ2) is 10.2. The Morgan fingerprint density at radius 1 is 1.10 bits per heavy atom. The van der Waals surface area contributed by atoms with Crippen LogP contribution in [0.15, 0.2) is 54.7 Å². The van der Waals surface area contributed by atoms with Crippen molar-refractivity contribution in [3.63, 3.8) is 0 Å². The van der Waals surface area contributed by atoms with E-state index in [2.05, 4.69) is 52.5 Å². The molecule has 1 fully saturated rings. The Balaban J connectivity index is 1.57. The van der Waals surface area contributed by atoms with E-state index >= 15 is 0 Å². The number of amides is 1. The molecule has 1 saturated heterocycles. The molecule has 2 aromatic rings. The molecular weight excluding hydrogens is 370 g/mol. The molecule has 1 aliphatic heterocycles. The highest BCUT2D eigenvalue weighted by Crippen LogP contribution is 2.31. The average Bonchev–Trinajstić information content (AvgIpc) is 2.76. The summed E-state index contributed by atoms with van der Waals surface area (Å²) in [7, 11) is 0. The molecule has 1 amide bonds. The van der Waals surface area contributed by atoms with E-state index < -0.39 is 5.41 Å². The predicted octanol–water partition coefficient (Wildman–Crippen LogP) is 5.19. The maximum Gasteiger partial charge on any atom is 0.225 e. The molecule has 1 aliphatic rings. The van der Waals surface area contributed by atoms with E-state index in [-0.39, 0.29) is 11.9 Å². The second-order valence-corrected chi connectivity index (χ2v) is 9.74. The van der Waals surface area contributed by atoms with Crippen LogP contribution in [0.25, 0.3) is 0 Å². The van der Waals surface area contributed by atoms with E-state index in [9.17, 15) is 4.79 Å². The first-order valence-corrected chi connectivity index (χ1v) is 11.3. The first-order valence-electron chi connectivity index (χ1n) is 11.3. The summed E-state index contributed by atoms with van der Waals surface area (Å²) in [4.78, 5) is 19.9. The van der Waals surface area contributed by atoms with Crippen LogP contribution in [-0.4, -0.2) is 35.4 Å². The highest BCUT2D eigenvalue weighted by atomic mass is 16.2. The number of hydrogen-bond acceptors (Lipinski definition) is 3. The molecule has 0 unspecified atom stereocenters. The van der Waals surface area contributed by atoms with E-state index in [1.165, 1.54) is 12.0 Å². The summed E-state index contributed by atoms with van der Waals surface area (Å²) in [6.07, 6.45) is 5.18. The number of piperidine rings is 1. The van der Waals surface area contributed by atoms with Crippen LogP contribution in [0.1, 0.15) is 70.2 Å². The van der Waals surface area contributed by atoms with Gasteiger partial charge in [-0.1, -0.05) is 64.1 Å². The quantitative estimate of drug-likeness (QED) is 0.687. The lowest BCUT2D eigenvalue weighted by Crippen LogP contribution is -2.44. The van der Waals surface area contributed by atoms with Crippen molar-refractivity contribution in [2.24, 2.45) is 11.3 Å². The molecule has 0 spiro atoms. The van der Waals surface area contributed by atoms with Crippen LogP contribution in [-0.2, 0) is 4.79 Å². The highest BCUT2D eigenvalue weighted by molar-refractivity contribution is 5.81. The lowest BCUT2D eigenvalue weighted by atomic mass is 9.85. The summed E-state index contributed by atoms with van der Waals surface area (Å²) in [5, 5.41) is 3.31. The largest absolute Gasteiger partial charge is 0.347 e. The molecule has 0 radical (unpaired) electrons. The van der Waals surface area contributed by atoms with Crippen molar-refractivity contribution in [3.05, 3.63) is 66.0 Å². The van der Waals surface area contributed by atoms with E-state index in [4.69, 9.17) is 0 Å². The van der Waals surface area contributed by atoms with Gasteiger partial charge in [-0.25, -0.2) is 0 Å². The van der Waals surface area contributed by atoms with Gasteiger partial charge in [0.05, 0.1) is 11.7 Å². The van der Waals surface area contributed by atoms with Crippen LogP contribution in [0.3, 0.4) is 0 Å². The fourth-order valence-electron chi connectivity index (χ4n) is 4.19. The smallest absolute Gasteiger partial charge is 0.225 e. The Labute approximate surface area is 182 Å². The highest BCUT2D eigenvalue weighted by Gasteiger charge is 2.32. The van der Waals surface area contributed by atoms with Gasteiger partial charge in [0.1, 0.15) is 0 Å². The van der Waals surface area contributed by atoms with Crippen molar-refractivity contribution in [1.82, 2.24) is 15.2 Å². The van der Waals surface area contributed by atoms with Gasteiger partial charge in [0.2, 0.25) is 5.91 Å². The Morgan fingerprint density at radius 3 is 2.37 bits per heavy atom. The van der Waals surface area contributed by atoms with Gasteiger partial charge >= 0.3 is 0 Å². The van der Waals surface area contributed by atoms with Gasteiger partial charge in [0.25, 0.3) is 0 Å². The number of nitrogens with one attached hydrogen (secondary N) is 1. The fraction of sp³-hybridized carbons (Fsp3) is 0.538. The second-order valence-electron chi connectivity index (χ2n) is 9.74. The molecule has 1 aromatic heterocycles. The first-order chi connectivity index (χ1) is 14.3. The number of nitrogens with zero attached hydrogens (tertiary/aromatic N) is 2. The van der Waals surface area contributed by atoms with Crippen LogP contribution < -0.4 is 5.32 Å². The van der Waals surface area contributed by atoms with Gasteiger partial charge in [0.15, 0.2) is 0 Å². The van der Waals surface area contributed by atoms with Crippen LogP contribution in [0.4, 0.5) is 0 Å². The number of rotatable bonds is 7. The topological polar surface area (TPSA) is 45.2 Å². The standard InChI is InChI=1S/C26H37N3O/c1-20(21-10-6-5-7-11-21)13-17-29-18-14-22(15-19-29)24(23-12-8-9-16-27-23)28-25(30)26(2,3)4/h5-12,16,20,22,24H,13-15,17-19H2,1-4H3,(H,28,30)/t20-,24-/m1/s1. The van der Waals surface area contributed by atoms with Crippen molar-refractivity contribution in [1.29, 1.82) is 0 Å². The fourth-order valence-corrected chi connectivity index (χ4v) is 4.19. The van der Waals surface area contributed by atoms with E-state index in [1.54, 1.807) is 0 Å². The van der Waals surface area contributed by atoms with Gasteiger partial charge in [0, 0.05) is 11.6 Å². The summed E-state index contributed by atoms with van der Waals surface area (Å²) < 4.78 is 0. The lowest BCUT2D eigenvalue weighted by molar-refractivity contribution is -0.129. The lowest BCUT2D eigenvalue weighted by Gasteiger charge is -2.37. The number of hydrogen-bond donors (Lipinski definition) is 1. The maximum absolute atomic E-state index is 12.7. The molecule has 0 bridgehead atoms. The minimum absolute atomic E-state index is 0.0108. The number of benzene rings is 1. The Morgan fingerprint density at radius 2 is 1.77 bits per heavy atom. The van der Waals surface area contributed by atoms with Crippen molar-refractivity contribution >= 4 is 5.91 Å². The molecular formula is C26H37N3O. The molecule has 3 rings (SSSR count). The molecule has 4 nitrogen and oxygen atoms in total. The minimum Gasteiger partial charge on any atom is -0.347 e. The summed E-state index contributed by atoms with van der Waals surface area (Å²) in [6, 6.07) is 16.8. The van der Waals surface area contributed by atoms with E-state index in [0.717, 1.165) is 38.2 Å². The molecule has 1 aromatic carbocycles. The summed E-state index contributed by atoms with van der Waals surface area (Å²) in [6.45, 7) is 11.5. The zero-order chi connectivity index (χ0) is 21.6. The molecule has 30 heavy (non-hydrogen) atoms. The molecule has 1 N–H and O–H groups in total. The number of likely N-dealkylation sites (tertiary alicyclic amines) is 1. The summed E-state index contributed by atoms with van der Waals surface area (Å²) in [5.41, 5.74) is 2.00. The number of carbonyl (C=O) groups excluding carboxylic acids is 1. The Kier molecular flexibility index (Phi) is 7.65. The van der Waals surface area contributed by atoms with Crippen LogP contribution in [0.5, 0.6) is 0 Å². The van der Waals surface area contributed by atoms with Gasteiger partial charge in [-0.3, -0.25) is 9.78 Å². The summed E-state index contributed by atoms with van der Waals surface area (Å²) >= 11 is 0. The van der Waals surface area contributed by atoms with Crippen molar-refractivity contribution < 1.29 is 4.79 Å². The molecule has 2 heterocycles. The Bertz CT molecular complexity index is 777. The first kappa shape index (κ1) is 22.5. The third-order valence-electron chi connectivity index (χ3n) is 6.32. The predicted molar refractivity (Wildman–Crippen MR) is 123 cm³/mol. The van der Waals surface area contributed by atoms with Crippen molar-refractivity contribution in [2.75, 3.05) is 19.6 Å². The SMILES string of the molecule is C[C@H](CCN1CCC([C@@H](NC(=O)C(C)(C)C)c2ccccn2)CC1)c1ccccc1.